The third-order valence-corrected chi connectivity index (χ3v) is 8.26. The van der Waals surface area contributed by atoms with E-state index in [1.165, 1.54) is 80.2 Å². The molecule has 5 heteroatoms. The van der Waals surface area contributed by atoms with E-state index in [9.17, 15) is 4.79 Å². The van der Waals surface area contributed by atoms with Crippen molar-refractivity contribution in [1.29, 1.82) is 0 Å². The number of fused-ring (bicyclic) bond motifs is 4. The van der Waals surface area contributed by atoms with Gasteiger partial charge in [0.1, 0.15) is 0 Å². The lowest BCUT2D eigenvalue weighted by Gasteiger charge is -2.37. The molecular formula is C22H31N3OS. The molecule has 0 spiro atoms. The molecule has 2 amide bonds. The lowest BCUT2D eigenvalue weighted by Crippen LogP contribution is -2.44. The van der Waals surface area contributed by atoms with Gasteiger partial charge in [-0.25, -0.2) is 4.79 Å². The van der Waals surface area contributed by atoms with Crippen LogP contribution < -0.4 is 10.0 Å². The van der Waals surface area contributed by atoms with Crippen LogP contribution in [0, 0.1) is 0 Å². The van der Waals surface area contributed by atoms with Crippen molar-refractivity contribution in [3.63, 3.8) is 0 Å². The van der Waals surface area contributed by atoms with Crippen molar-refractivity contribution in [2.75, 3.05) is 11.9 Å². The van der Waals surface area contributed by atoms with Crippen LogP contribution in [0.5, 0.6) is 0 Å². The number of benzene rings is 1. The zero-order valence-corrected chi connectivity index (χ0v) is 17.2. The molecule has 4 nitrogen and oxygen atoms in total. The van der Waals surface area contributed by atoms with Gasteiger partial charge in [0.2, 0.25) is 0 Å². The van der Waals surface area contributed by atoms with Gasteiger partial charge in [0.15, 0.2) is 0 Å². The Morgan fingerprint density at radius 3 is 2.30 bits per heavy atom. The highest BCUT2D eigenvalue weighted by atomic mass is 32.2. The average molecular weight is 386 g/mol. The average Bonchev–Trinajstić information content (AvgIpc) is 3.37. The number of carbonyl (C=O) groups excluding carboxylic acids is 1. The minimum Gasteiger partial charge on any atom is -0.307 e. The summed E-state index contributed by atoms with van der Waals surface area (Å²) < 4.78 is 3.13. The molecule has 2 N–H and O–H groups in total. The Balaban J connectivity index is 1.23. The number of hydrogen-bond acceptors (Lipinski definition) is 3. The van der Waals surface area contributed by atoms with Crippen molar-refractivity contribution in [3.8, 4) is 0 Å². The van der Waals surface area contributed by atoms with Crippen molar-refractivity contribution in [1.82, 2.24) is 9.62 Å². The molecule has 2 bridgehead atoms. The number of rotatable bonds is 4. The van der Waals surface area contributed by atoms with Gasteiger partial charge in [-0.2, -0.15) is 0 Å². The number of piperidine rings is 1. The summed E-state index contributed by atoms with van der Waals surface area (Å²) in [5.74, 6) is 0. The van der Waals surface area contributed by atoms with Crippen molar-refractivity contribution in [2.45, 2.75) is 88.5 Å². The van der Waals surface area contributed by atoms with E-state index in [0.717, 1.165) is 30.6 Å². The van der Waals surface area contributed by atoms with Gasteiger partial charge in [0.05, 0.1) is 0 Å². The molecule has 0 aromatic heterocycles. The second-order valence-corrected chi connectivity index (χ2v) is 9.82. The zero-order chi connectivity index (χ0) is 18.4. The first-order chi connectivity index (χ1) is 13.2. The fourth-order valence-corrected chi connectivity index (χ4v) is 7.04. The van der Waals surface area contributed by atoms with Crippen LogP contribution in [0.15, 0.2) is 6.07 Å². The van der Waals surface area contributed by atoms with Crippen LogP contribution in [0.3, 0.4) is 0 Å². The molecule has 2 atom stereocenters. The van der Waals surface area contributed by atoms with E-state index in [-0.39, 0.29) is 6.03 Å². The number of anilines is 1. The molecule has 0 radical (unpaired) electrons. The number of aryl methyl sites for hydroxylation is 2. The van der Waals surface area contributed by atoms with Crippen molar-refractivity contribution >= 4 is 23.7 Å². The zero-order valence-electron chi connectivity index (χ0n) is 16.4. The second-order valence-electron chi connectivity index (χ2n) is 8.72. The molecule has 146 valence electrons. The summed E-state index contributed by atoms with van der Waals surface area (Å²) in [6.07, 6.45) is 12.1. The molecule has 5 rings (SSSR count). The maximum absolute atomic E-state index is 12.7. The minimum absolute atomic E-state index is 0.0281. The fraction of sp³-hybridized carbons (Fsp3) is 0.682. The molecule has 4 aliphatic rings. The molecule has 2 heterocycles. The van der Waals surface area contributed by atoms with Gasteiger partial charge >= 0.3 is 6.03 Å². The smallest absolute Gasteiger partial charge is 0.307 e. The van der Waals surface area contributed by atoms with E-state index in [1.54, 1.807) is 11.9 Å². The number of nitrogens with one attached hydrogen (secondary N) is 2. The Morgan fingerprint density at radius 1 is 1.07 bits per heavy atom. The van der Waals surface area contributed by atoms with Crippen molar-refractivity contribution in [2.24, 2.45) is 0 Å². The van der Waals surface area contributed by atoms with E-state index >= 15 is 0 Å². The predicted molar refractivity (Wildman–Crippen MR) is 112 cm³/mol. The summed E-state index contributed by atoms with van der Waals surface area (Å²) in [4.78, 5) is 15.4. The molecule has 2 aliphatic heterocycles. The highest BCUT2D eigenvalue weighted by molar-refractivity contribution is 7.98. The summed E-state index contributed by atoms with van der Waals surface area (Å²) in [7, 11) is 0. The van der Waals surface area contributed by atoms with Crippen LogP contribution >= 0.6 is 11.9 Å². The quantitative estimate of drug-likeness (QED) is 0.753. The molecular weight excluding hydrogens is 354 g/mol. The van der Waals surface area contributed by atoms with Gasteiger partial charge in [0.25, 0.3) is 0 Å². The van der Waals surface area contributed by atoms with Gasteiger partial charge in [0, 0.05) is 23.0 Å². The monoisotopic (exact) mass is 385 g/mol. The molecule has 27 heavy (non-hydrogen) atoms. The molecule has 2 fully saturated rings. The van der Waals surface area contributed by atoms with E-state index in [4.69, 9.17) is 0 Å². The topological polar surface area (TPSA) is 44.4 Å². The van der Waals surface area contributed by atoms with Crippen LogP contribution in [-0.2, 0) is 25.7 Å². The second kappa shape index (κ2) is 7.32. The first-order valence-corrected chi connectivity index (χ1v) is 11.8. The number of amides is 2. The lowest BCUT2D eigenvalue weighted by atomic mass is 9.99. The molecule has 2 unspecified atom stereocenters. The van der Waals surface area contributed by atoms with Crippen molar-refractivity contribution in [3.05, 3.63) is 28.3 Å². The van der Waals surface area contributed by atoms with Gasteiger partial charge in [-0.05, 0) is 105 Å². The largest absolute Gasteiger partial charge is 0.329 e. The van der Waals surface area contributed by atoms with Crippen LogP contribution in [0.4, 0.5) is 10.5 Å². The SMILES string of the molecule is CCN1C2CCC1CC(SNC(=O)Nc1c3c(cc4c1CCC4)CCC3)C2. The number of hydrogen-bond donors (Lipinski definition) is 2. The van der Waals surface area contributed by atoms with Crippen molar-refractivity contribution < 1.29 is 4.79 Å². The van der Waals surface area contributed by atoms with Crippen LogP contribution in [0.2, 0.25) is 0 Å². The van der Waals surface area contributed by atoms with Gasteiger partial charge in [-0.15, -0.1) is 0 Å². The summed E-state index contributed by atoms with van der Waals surface area (Å²) >= 11 is 1.66. The number of carbonyl (C=O) groups is 1. The van der Waals surface area contributed by atoms with E-state index in [1.807, 2.05) is 0 Å². The number of urea groups is 1. The molecule has 1 aromatic carbocycles. The Labute approximate surface area is 167 Å². The third-order valence-electron chi connectivity index (χ3n) is 7.24. The van der Waals surface area contributed by atoms with E-state index in [2.05, 4.69) is 27.9 Å². The highest BCUT2D eigenvalue weighted by Gasteiger charge is 2.40. The van der Waals surface area contributed by atoms with Gasteiger partial charge in [-0.1, -0.05) is 13.0 Å². The summed E-state index contributed by atoms with van der Waals surface area (Å²) in [6, 6.07) is 3.85. The Hall–Kier alpha value is -1.20. The Bertz CT molecular complexity index is 703. The van der Waals surface area contributed by atoms with E-state index in [0.29, 0.717) is 5.25 Å². The summed E-state index contributed by atoms with van der Waals surface area (Å²) in [6.45, 7) is 3.45. The molecule has 0 saturated carbocycles. The maximum atomic E-state index is 12.7. The molecule has 1 aromatic rings. The normalized spacial score (nSPS) is 28.9. The molecule has 2 aliphatic carbocycles. The Kier molecular flexibility index (Phi) is 4.85. The minimum atomic E-state index is -0.0281. The fourth-order valence-electron chi connectivity index (χ4n) is 6.08. The Morgan fingerprint density at radius 2 is 1.70 bits per heavy atom. The van der Waals surface area contributed by atoms with Crippen LogP contribution in [-0.4, -0.2) is 34.8 Å². The van der Waals surface area contributed by atoms with Crippen LogP contribution in [0.25, 0.3) is 0 Å². The maximum Gasteiger partial charge on any atom is 0.329 e. The molecule has 2 saturated heterocycles. The first kappa shape index (κ1) is 17.9. The third kappa shape index (κ3) is 3.27. The summed E-state index contributed by atoms with van der Waals surface area (Å²) in [5.41, 5.74) is 6.91. The standard InChI is InChI=1S/C22H31N3OS/c1-2-25-16-9-10-17(25)13-18(12-16)27-24-22(26)23-21-19-7-3-5-14(19)11-15-6-4-8-20(15)21/h11,16-18H,2-10,12-13H2,1H3,(H2,23,24,26). The lowest BCUT2D eigenvalue weighted by molar-refractivity contribution is 0.152. The van der Waals surface area contributed by atoms with Crippen LogP contribution in [0.1, 0.15) is 67.7 Å². The van der Waals surface area contributed by atoms with E-state index < -0.39 is 0 Å². The van der Waals surface area contributed by atoms with Gasteiger partial charge in [-0.3, -0.25) is 9.62 Å². The summed E-state index contributed by atoms with van der Waals surface area (Å²) in [5, 5.41) is 3.82. The predicted octanol–water partition coefficient (Wildman–Crippen LogP) is 4.45. The first-order valence-electron chi connectivity index (χ1n) is 10.9. The number of nitrogens with zero attached hydrogens (tertiary/aromatic N) is 1. The van der Waals surface area contributed by atoms with Gasteiger partial charge < -0.3 is 5.32 Å². The highest BCUT2D eigenvalue weighted by Crippen LogP contribution is 2.40.